The Labute approximate surface area is 200 Å². The number of hydrazone groups is 1. The summed E-state index contributed by atoms with van der Waals surface area (Å²) in [5.74, 6) is -0.399. The van der Waals surface area contributed by atoms with Gasteiger partial charge in [-0.2, -0.15) is 5.10 Å². The fourth-order valence-corrected chi connectivity index (χ4v) is 3.80. The van der Waals surface area contributed by atoms with Crippen molar-refractivity contribution in [2.75, 3.05) is 6.61 Å². The predicted molar refractivity (Wildman–Crippen MR) is 130 cm³/mol. The van der Waals surface area contributed by atoms with Crippen LogP contribution in [0.1, 0.15) is 62.6 Å². The lowest BCUT2D eigenvalue weighted by atomic mass is 9.95. The summed E-state index contributed by atoms with van der Waals surface area (Å²) in [6.07, 6.45) is 6.63. The molecule has 0 heterocycles. The van der Waals surface area contributed by atoms with E-state index in [1.165, 1.54) is 12.6 Å². The van der Waals surface area contributed by atoms with Crippen molar-refractivity contribution in [3.63, 3.8) is 0 Å². The molecule has 0 radical (unpaired) electrons. The van der Waals surface area contributed by atoms with Crippen molar-refractivity contribution in [3.05, 3.63) is 65.7 Å². The second-order valence-corrected chi connectivity index (χ2v) is 8.43. The van der Waals surface area contributed by atoms with E-state index >= 15 is 0 Å². The fraction of sp³-hybridized carbons (Fsp3) is 0.385. The molecule has 1 fully saturated rings. The highest BCUT2D eigenvalue weighted by Gasteiger charge is 2.17. The highest BCUT2D eigenvalue weighted by Crippen LogP contribution is 2.17. The molecule has 3 rings (SSSR count). The molecular formula is C26H32N4O4. The third-order valence-electron chi connectivity index (χ3n) is 5.62. The van der Waals surface area contributed by atoms with Crippen molar-refractivity contribution in [3.8, 4) is 5.75 Å². The molecule has 2 aromatic carbocycles. The topological polar surface area (TPSA) is 109 Å². The van der Waals surface area contributed by atoms with E-state index in [4.69, 9.17) is 4.74 Å². The summed E-state index contributed by atoms with van der Waals surface area (Å²) >= 11 is 0. The van der Waals surface area contributed by atoms with Crippen LogP contribution in [0.15, 0.2) is 59.7 Å². The Balaban J connectivity index is 1.35. The maximum Gasteiger partial charge on any atom is 0.258 e. The molecule has 2 aromatic rings. The maximum atomic E-state index is 12.1. The molecule has 0 spiro atoms. The van der Waals surface area contributed by atoms with E-state index in [0.29, 0.717) is 5.75 Å². The molecule has 1 saturated carbocycles. The number of ether oxygens (including phenoxy) is 1. The zero-order valence-corrected chi connectivity index (χ0v) is 19.5. The van der Waals surface area contributed by atoms with Gasteiger partial charge in [-0.05, 0) is 55.2 Å². The first-order valence-corrected chi connectivity index (χ1v) is 11.7. The lowest BCUT2D eigenvalue weighted by Gasteiger charge is -2.22. The smallest absolute Gasteiger partial charge is 0.258 e. The maximum absolute atomic E-state index is 12.1. The van der Waals surface area contributed by atoms with Crippen molar-refractivity contribution < 1.29 is 19.1 Å². The van der Waals surface area contributed by atoms with Gasteiger partial charge in [0.2, 0.25) is 11.8 Å². The standard InChI is InChI=1S/C26H32N4O4/c1-19(21-8-4-2-5-9-21)28-26(33)18-34-23-14-12-20(13-15-23)17-27-30-25(32)16-24(31)29-22-10-6-3-7-11-22/h2,4-5,8-9,12-15,17,19,22H,3,6-7,10-11,16,18H2,1H3,(H,28,33)(H,29,31)(H,30,32)/b27-17+/t19-/m1/s1. The molecule has 1 atom stereocenters. The zero-order chi connectivity index (χ0) is 24.2. The monoisotopic (exact) mass is 464 g/mol. The Morgan fingerprint density at radius 2 is 1.68 bits per heavy atom. The van der Waals surface area contributed by atoms with Crippen LogP contribution >= 0.6 is 0 Å². The van der Waals surface area contributed by atoms with Gasteiger partial charge in [0.05, 0.1) is 12.3 Å². The summed E-state index contributed by atoms with van der Waals surface area (Å²) in [6, 6.07) is 16.7. The van der Waals surface area contributed by atoms with Crippen LogP contribution < -0.4 is 20.8 Å². The largest absolute Gasteiger partial charge is 0.484 e. The van der Waals surface area contributed by atoms with E-state index in [9.17, 15) is 14.4 Å². The number of carbonyl (C=O) groups is 3. The third kappa shape index (κ3) is 8.69. The average Bonchev–Trinajstić information content (AvgIpc) is 2.84. The van der Waals surface area contributed by atoms with E-state index in [2.05, 4.69) is 21.2 Å². The first-order valence-electron chi connectivity index (χ1n) is 11.7. The average molecular weight is 465 g/mol. The Kier molecular flexibility index (Phi) is 9.64. The minimum Gasteiger partial charge on any atom is -0.484 e. The minimum atomic E-state index is -0.458. The number of amides is 3. The van der Waals surface area contributed by atoms with Gasteiger partial charge in [0.25, 0.3) is 5.91 Å². The molecule has 180 valence electrons. The van der Waals surface area contributed by atoms with Crippen LogP contribution in [0, 0.1) is 0 Å². The first-order chi connectivity index (χ1) is 16.5. The zero-order valence-electron chi connectivity index (χ0n) is 19.5. The van der Waals surface area contributed by atoms with E-state index < -0.39 is 5.91 Å². The molecule has 8 nitrogen and oxygen atoms in total. The molecule has 8 heteroatoms. The summed E-state index contributed by atoms with van der Waals surface area (Å²) in [5, 5.41) is 9.70. The SMILES string of the molecule is C[C@@H](NC(=O)COc1ccc(/C=N/NC(=O)CC(=O)NC2CCCCC2)cc1)c1ccccc1. The molecule has 0 saturated heterocycles. The molecule has 0 unspecified atom stereocenters. The van der Waals surface area contributed by atoms with Crippen LogP contribution in [0.4, 0.5) is 0 Å². The van der Waals surface area contributed by atoms with E-state index in [-0.39, 0.29) is 36.9 Å². The Bertz CT molecular complexity index is 970. The second kappa shape index (κ2) is 13.1. The van der Waals surface area contributed by atoms with Crippen LogP contribution in [0.2, 0.25) is 0 Å². The quantitative estimate of drug-likeness (QED) is 0.285. The summed E-state index contributed by atoms with van der Waals surface area (Å²) in [6.45, 7) is 1.83. The van der Waals surface area contributed by atoms with Crippen LogP contribution in [-0.4, -0.2) is 36.6 Å². The summed E-state index contributed by atoms with van der Waals surface area (Å²) < 4.78 is 5.54. The molecule has 0 bridgehead atoms. The van der Waals surface area contributed by atoms with Crippen LogP contribution in [0.5, 0.6) is 5.75 Å². The molecular weight excluding hydrogens is 432 g/mol. The van der Waals surface area contributed by atoms with E-state index in [1.54, 1.807) is 24.3 Å². The van der Waals surface area contributed by atoms with Gasteiger partial charge < -0.3 is 15.4 Å². The lowest BCUT2D eigenvalue weighted by molar-refractivity contribution is -0.129. The predicted octanol–water partition coefficient (Wildman–Crippen LogP) is 3.23. The summed E-state index contributed by atoms with van der Waals surface area (Å²) in [4.78, 5) is 36.0. The van der Waals surface area contributed by atoms with Gasteiger partial charge >= 0.3 is 0 Å². The summed E-state index contributed by atoms with van der Waals surface area (Å²) in [7, 11) is 0. The normalized spacial score (nSPS) is 14.9. The molecule has 1 aliphatic rings. The fourth-order valence-electron chi connectivity index (χ4n) is 3.80. The van der Waals surface area contributed by atoms with Gasteiger partial charge in [-0.3, -0.25) is 14.4 Å². The Morgan fingerprint density at radius 3 is 2.38 bits per heavy atom. The van der Waals surface area contributed by atoms with Crippen molar-refractivity contribution >= 4 is 23.9 Å². The molecule has 34 heavy (non-hydrogen) atoms. The number of nitrogens with zero attached hydrogens (tertiary/aromatic N) is 1. The highest BCUT2D eigenvalue weighted by atomic mass is 16.5. The number of nitrogens with one attached hydrogen (secondary N) is 3. The van der Waals surface area contributed by atoms with Gasteiger partial charge in [0.15, 0.2) is 6.61 Å². The van der Waals surface area contributed by atoms with Crippen molar-refractivity contribution in [1.82, 2.24) is 16.1 Å². The van der Waals surface area contributed by atoms with Crippen molar-refractivity contribution in [2.24, 2.45) is 5.10 Å². The van der Waals surface area contributed by atoms with Crippen LogP contribution in [0.3, 0.4) is 0 Å². The van der Waals surface area contributed by atoms with Crippen molar-refractivity contribution in [2.45, 2.75) is 57.5 Å². The molecule has 0 aromatic heterocycles. The van der Waals surface area contributed by atoms with Gasteiger partial charge in [0, 0.05) is 6.04 Å². The van der Waals surface area contributed by atoms with Crippen LogP contribution in [-0.2, 0) is 14.4 Å². The minimum absolute atomic E-state index is 0.0937. The summed E-state index contributed by atoms with van der Waals surface area (Å²) in [5.41, 5.74) is 4.13. The number of carbonyl (C=O) groups excluding carboxylic acids is 3. The Morgan fingerprint density at radius 1 is 0.971 bits per heavy atom. The van der Waals surface area contributed by atoms with Gasteiger partial charge in [0.1, 0.15) is 12.2 Å². The molecule has 3 N–H and O–H groups in total. The van der Waals surface area contributed by atoms with E-state index in [0.717, 1.165) is 36.8 Å². The lowest BCUT2D eigenvalue weighted by Crippen LogP contribution is -2.38. The molecule has 3 amide bonds. The molecule has 1 aliphatic carbocycles. The number of benzene rings is 2. The van der Waals surface area contributed by atoms with E-state index in [1.807, 2.05) is 37.3 Å². The molecule has 0 aliphatic heterocycles. The highest BCUT2D eigenvalue weighted by molar-refractivity contribution is 5.97. The van der Waals surface area contributed by atoms with Gasteiger partial charge in [-0.25, -0.2) is 5.43 Å². The number of rotatable bonds is 10. The van der Waals surface area contributed by atoms with Crippen LogP contribution in [0.25, 0.3) is 0 Å². The second-order valence-electron chi connectivity index (χ2n) is 8.43. The van der Waals surface area contributed by atoms with Gasteiger partial charge in [-0.1, -0.05) is 49.6 Å². The first kappa shape index (κ1) is 25.0. The van der Waals surface area contributed by atoms with Gasteiger partial charge in [-0.15, -0.1) is 0 Å². The van der Waals surface area contributed by atoms with Crippen molar-refractivity contribution in [1.29, 1.82) is 0 Å². The number of hydrogen-bond donors (Lipinski definition) is 3. The number of hydrogen-bond acceptors (Lipinski definition) is 5. The Hall–Kier alpha value is -3.68. The third-order valence-corrected chi connectivity index (χ3v) is 5.62.